The average Bonchev–Trinajstić information content (AvgIpc) is 2.47. The fourth-order valence-corrected chi connectivity index (χ4v) is 2.75. The molecule has 3 rings (SSSR count). The summed E-state index contributed by atoms with van der Waals surface area (Å²) in [5.41, 5.74) is 1.88. The molecule has 0 aliphatic carbocycles. The zero-order valence-corrected chi connectivity index (χ0v) is 12.8. The second kappa shape index (κ2) is 6.13. The van der Waals surface area contributed by atoms with Gasteiger partial charge in [-0.1, -0.05) is 30.0 Å². The lowest BCUT2D eigenvalue weighted by Crippen LogP contribution is -2.29. The zero-order chi connectivity index (χ0) is 14.7. The Kier molecular flexibility index (Phi) is 4.06. The monoisotopic (exact) mass is 300 g/mol. The number of thioether (sulfide) groups is 1. The van der Waals surface area contributed by atoms with Gasteiger partial charge in [0.25, 0.3) is 5.23 Å². The molecule has 108 valence electrons. The predicted octanol–water partition coefficient (Wildman–Crippen LogP) is 3.00. The molecule has 5 nitrogen and oxygen atoms in total. The van der Waals surface area contributed by atoms with Gasteiger partial charge in [0.2, 0.25) is 5.95 Å². The van der Waals surface area contributed by atoms with Crippen molar-refractivity contribution >= 4 is 22.9 Å². The molecular formula is C15H16N4OS. The van der Waals surface area contributed by atoms with E-state index in [1.54, 1.807) is 16.8 Å². The predicted molar refractivity (Wildman–Crippen MR) is 85.8 cm³/mol. The Balaban J connectivity index is 1.82. The Morgan fingerprint density at radius 2 is 1.81 bits per heavy atom. The lowest BCUT2D eigenvalue weighted by molar-refractivity contribution is 0.557. The minimum Gasteiger partial charge on any atom is -0.433 e. The molecule has 2 heterocycles. The first-order valence-electron chi connectivity index (χ1n) is 6.75. The number of rotatable bonds is 2. The summed E-state index contributed by atoms with van der Waals surface area (Å²) in [6.45, 7) is 4.69. The molecule has 1 aromatic carbocycles. The molecule has 2 aromatic rings. The van der Waals surface area contributed by atoms with Gasteiger partial charge < -0.3 is 4.74 Å². The van der Waals surface area contributed by atoms with Crippen molar-refractivity contribution in [1.29, 1.82) is 0 Å². The van der Waals surface area contributed by atoms with Crippen molar-refractivity contribution in [3.8, 4) is 5.75 Å². The van der Waals surface area contributed by atoms with Gasteiger partial charge in [0.15, 0.2) is 0 Å². The van der Waals surface area contributed by atoms with Crippen molar-refractivity contribution in [1.82, 2.24) is 9.97 Å². The van der Waals surface area contributed by atoms with E-state index in [0.29, 0.717) is 11.2 Å². The summed E-state index contributed by atoms with van der Waals surface area (Å²) in [6, 6.07) is 11.6. The number of nitrogens with zero attached hydrogens (tertiary/aromatic N) is 4. The van der Waals surface area contributed by atoms with Crippen LogP contribution in [0, 0.1) is 13.8 Å². The normalized spacial score (nSPS) is 14.8. The quantitative estimate of drug-likeness (QED) is 0.853. The summed E-state index contributed by atoms with van der Waals surface area (Å²) in [7, 11) is 0. The Morgan fingerprint density at radius 3 is 2.52 bits per heavy atom. The number of hydrogen-bond acceptors (Lipinski definition) is 6. The van der Waals surface area contributed by atoms with Crippen molar-refractivity contribution in [2.24, 2.45) is 5.10 Å². The summed E-state index contributed by atoms with van der Waals surface area (Å²) in [6.07, 6.45) is 0. The first-order chi connectivity index (χ1) is 10.2. The van der Waals surface area contributed by atoms with Crippen LogP contribution in [0.5, 0.6) is 5.75 Å². The second-order valence-electron chi connectivity index (χ2n) is 4.70. The van der Waals surface area contributed by atoms with Crippen LogP contribution >= 0.6 is 11.8 Å². The number of anilines is 1. The molecule has 0 saturated carbocycles. The van der Waals surface area contributed by atoms with Gasteiger partial charge in [-0.3, -0.25) is 0 Å². The van der Waals surface area contributed by atoms with E-state index >= 15 is 0 Å². The van der Waals surface area contributed by atoms with E-state index in [1.807, 2.05) is 50.2 Å². The topological polar surface area (TPSA) is 50.6 Å². The van der Waals surface area contributed by atoms with Crippen LogP contribution in [-0.2, 0) is 0 Å². The van der Waals surface area contributed by atoms with Crippen molar-refractivity contribution in [3.05, 3.63) is 47.8 Å². The van der Waals surface area contributed by atoms with Gasteiger partial charge in [-0.15, -0.1) is 5.10 Å². The number of aromatic nitrogens is 2. The van der Waals surface area contributed by atoms with Gasteiger partial charge >= 0.3 is 0 Å². The van der Waals surface area contributed by atoms with Crippen LogP contribution in [0.3, 0.4) is 0 Å². The summed E-state index contributed by atoms with van der Waals surface area (Å²) >= 11 is 1.60. The van der Waals surface area contributed by atoms with Gasteiger partial charge in [-0.25, -0.2) is 15.0 Å². The van der Waals surface area contributed by atoms with E-state index in [9.17, 15) is 0 Å². The highest BCUT2D eigenvalue weighted by Gasteiger charge is 2.18. The number of hydrazone groups is 1. The lowest BCUT2D eigenvalue weighted by atomic mass is 10.3. The van der Waals surface area contributed by atoms with Gasteiger partial charge in [-0.05, 0) is 32.0 Å². The lowest BCUT2D eigenvalue weighted by Gasteiger charge is -2.22. The van der Waals surface area contributed by atoms with Gasteiger partial charge in [-0.2, -0.15) is 0 Å². The molecule has 0 spiro atoms. The summed E-state index contributed by atoms with van der Waals surface area (Å²) in [4.78, 5) is 8.88. The minimum absolute atomic E-state index is 0.621. The van der Waals surface area contributed by atoms with Crippen LogP contribution in [-0.4, -0.2) is 27.5 Å². The van der Waals surface area contributed by atoms with Crippen LogP contribution in [0.1, 0.15) is 11.4 Å². The van der Waals surface area contributed by atoms with E-state index in [2.05, 4.69) is 15.1 Å². The van der Waals surface area contributed by atoms with Gasteiger partial charge in [0.05, 0.1) is 6.54 Å². The highest BCUT2D eigenvalue weighted by molar-refractivity contribution is 8.13. The van der Waals surface area contributed by atoms with Crippen LogP contribution in [0.25, 0.3) is 0 Å². The Morgan fingerprint density at radius 1 is 1.10 bits per heavy atom. The maximum Gasteiger partial charge on any atom is 0.273 e. The van der Waals surface area contributed by atoms with Gasteiger partial charge in [0.1, 0.15) is 5.75 Å². The third-order valence-electron chi connectivity index (χ3n) is 2.88. The molecule has 6 heteroatoms. The number of ether oxygens (including phenoxy) is 1. The fraction of sp³-hybridized carbons (Fsp3) is 0.267. The summed E-state index contributed by atoms with van der Waals surface area (Å²) in [5, 5.41) is 6.92. The molecule has 1 aromatic heterocycles. The highest BCUT2D eigenvalue weighted by Crippen LogP contribution is 2.21. The number of hydrogen-bond donors (Lipinski definition) is 0. The maximum absolute atomic E-state index is 5.78. The third-order valence-corrected chi connectivity index (χ3v) is 3.68. The zero-order valence-electron chi connectivity index (χ0n) is 12.0. The summed E-state index contributed by atoms with van der Waals surface area (Å²) in [5.74, 6) is 2.30. The standard InChI is InChI=1S/C15H16N4OS/c1-11-10-12(2)17-14(16-11)19-8-9-21-15(18-19)20-13-6-4-3-5-7-13/h3-7,10H,8-9H2,1-2H3. The molecule has 0 amide bonds. The summed E-state index contributed by atoms with van der Waals surface area (Å²) < 4.78 is 5.78. The SMILES string of the molecule is Cc1cc(C)nc(N2CCSC(Oc3ccccc3)=N2)n1. The van der Waals surface area contributed by atoms with Crippen LogP contribution < -0.4 is 9.75 Å². The molecule has 0 saturated heterocycles. The molecule has 0 radical (unpaired) electrons. The van der Waals surface area contributed by atoms with E-state index < -0.39 is 0 Å². The Labute approximate surface area is 128 Å². The third kappa shape index (κ3) is 3.52. The van der Waals surface area contributed by atoms with Crippen molar-refractivity contribution in [2.75, 3.05) is 17.3 Å². The van der Waals surface area contributed by atoms with E-state index in [-0.39, 0.29) is 0 Å². The molecular weight excluding hydrogens is 284 g/mol. The largest absolute Gasteiger partial charge is 0.433 e. The first kappa shape index (κ1) is 13.9. The molecule has 0 bridgehead atoms. The van der Waals surface area contributed by atoms with E-state index in [4.69, 9.17) is 4.74 Å². The molecule has 0 atom stereocenters. The van der Waals surface area contributed by atoms with Crippen molar-refractivity contribution in [2.45, 2.75) is 13.8 Å². The van der Waals surface area contributed by atoms with Crippen molar-refractivity contribution < 1.29 is 4.74 Å². The van der Waals surface area contributed by atoms with Crippen molar-refractivity contribution in [3.63, 3.8) is 0 Å². The molecule has 1 aliphatic rings. The van der Waals surface area contributed by atoms with Crippen LogP contribution in [0.4, 0.5) is 5.95 Å². The number of benzene rings is 1. The van der Waals surface area contributed by atoms with E-state index in [1.165, 1.54) is 0 Å². The van der Waals surface area contributed by atoms with Crippen LogP contribution in [0.15, 0.2) is 41.5 Å². The first-order valence-corrected chi connectivity index (χ1v) is 7.73. The molecule has 0 unspecified atom stereocenters. The Bertz CT molecular complexity index is 640. The maximum atomic E-state index is 5.78. The number of aryl methyl sites for hydroxylation is 2. The average molecular weight is 300 g/mol. The molecule has 1 aliphatic heterocycles. The molecule has 0 N–H and O–H groups in total. The minimum atomic E-state index is 0.621. The van der Waals surface area contributed by atoms with Gasteiger partial charge in [0, 0.05) is 17.1 Å². The fourth-order valence-electron chi connectivity index (χ4n) is 2.00. The van der Waals surface area contributed by atoms with Crippen LogP contribution in [0.2, 0.25) is 0 Å². The Hall–Kier alpha value is -2.08. The second-order valence-corrected chi connectivity index (χ2v) is 5.75. The highest BCUT2D eigenvalue weighted by atomic mass is 32.2. The smallest absolute Gasteiger partial charge is 0.273 e. The van der Waals surface area contributed by atoms with E-state index in [0.717, 1.165) is 29.4 Å². The molecule has 0 fully saturated rings. The molecule has 21 heavy (non-hydrogen) atoms. The number of para-hydroxylation sites is 1.